The predicted octanol–water partition coefficient (Wildman–Crippen LogP) is -0.0734. The molecule has 5 heteroatoms. The van der Waals surface area contributed by atoms with Gasteiger partial charge in [0, 0.05) is 32.1 Å². The summed E-state index contributed by atoms with van der Waals surface area (Å²) >= 11 is 0. The van der Waals surface area contributed by atoms with Crippen LogP contribution in [0.15, 0.2) is 0 Å². The third-order valence-electron chi connectivity index (χ3n) is 3.96. The van der Waals surface area contributed by atoms with Crippen LogP contribution in [0.2, 0.25) is 0 Å². The Balaban J connectivity index is 1.59. The van der Waals surface area contributed by atoms with E-state index in [-0.39, 0.29) is 5.91 Å². The highest BCUT2D eigenvalue weighted by Crippen LogP contribution is 2.21. The van der Waals surface area contributed by atoms with Crippen molar-refractivity contribution in [2.45, 2.75) is 38.1 Å². The second-order valence-electron chi connectivity index (χ2n) is 5.16. The topological polar surface area (TPSA) is 61.6 Å². The number of carbonyl (C=O) groups is 1. The van der Waals surface area contributed by atoms with E-state index in [0.29, 0.717) is 6.42 Å². The standard InChI is InChI=1S/C12H24N4O/c13-14-12(17)5-1-2-6-15-8-9-16-7-3-4-11(16)10-15/h11H,1-10,13H2,(H,14,17). The number of nitrogens with two attached hydrogens (primary N) is 1. The molecular formula is C12H24N4O. The first-order valence-corrected chi connectivity index (χ1v) is 6.75. The zero-order chi connectivity index (χ0) is 12.1. The van der Waals surface area contributed by atoms with Crippen molar-refractivity contribution in [2.75, 3.05) is 32.7 Å². The minimum absolute atomic E-state index is 0.0504. The lowest BCUT2D eigenvalue weighted by atomic mass is 10.1. The van der Waals surface area contributed by atoms with Crippen LogP contribution in [0.25, 0.3) is 0 Å². The van der Waals surface area contributed by atoms with Crippen LogP contribution in [-0.4, -0.2) is 54.5 Å². The highest BCUT2D eigenvalue weighted by Gasteiger charge is 2.29. The molecule has 1 unspecified atom stereocenters. The molecule has 3 N–H and O–H groups in total. The van der Waals surface area contributed by atoms with E-state index in [1.54, 1.807) is 0 Å². The number of rotatable bonds is 5. The summed E-state index contributed by atoms with van der Waals surface area (Å²) in [6.07, 6.45) is 5.33. The molecule has 2 heterocycles. The fourth-order valence-electron chi connectivity index (χ4n) is 2.95. The summed E-state index contributed by atoms with van der Waals surface area (Å²) in [7, 11) is 0. The molecule has 0 spiro atoms. The number of unbranched alkanes of at least 4 members (excludes halogenated alkanes) is 1. The Labute approximate surface area is 103 Å². The van der Waals surface area contributed by atoms with E-state index in [9.17, 15) is 4.79 Å². The summed E-state index contributed by atoms with van der Waals surface area (Å²) < 4.78 is 0. The average molecular weight is 240 g/mol. The molecular weight excluding hydrogens is 216 g/mol. The lowest BCUT2D eigenvalue weighted by molar-refractivity contribution is -0.121. The summed E-state index contributed by atoms with van der Waals surface area (Å²) in [5.41, 5.74) is 2.17. The van der Waals surface area contributed by atoms with Gasteiger partial charge in [0.2, 0.25) is 5.91 Å². The van der Waals surface area contributed by atoms with Crippen LogP contribution in [0.1, 0.15) is 32.1 Å². The molecule has 0 aromatic rings. The van der Waals surface area contributed by atoms with Gasteiger partial charge in [0.15, 0.2) is 0 Å². The minimum atomic E-state index is -0.0504. The van der Waals surface area contributed by atoms with E-state index >= 15 is 0 Å². The molecule has 17 heavy (non-hydrogen) atoms. The van der Waals surface area contributed by atoms with Gasteiger partial charge in [0.05, 0.1) is 0 Å². The third kappa shape index (κ3) is 3.66. The summed E-state index contributed by atoms with van der Waals surface area (Å²) in [5, 5.41) is 0. The number of carbonyl (C=O) groups excluding carboxylic acids is 1. The van der Waals surface area contributed by atoms with Crippen molar-refractivity contribution in [2.24, 2.45) is 5.84 Å². The number of amides is 1. The third-order valence-corrected chi connectivity index (χ3v) is 3.96. The smallest absolute Gasteiger partial charge is 0.233 e. The summed E-state index contributed by atoms with van der Waals surface area (Å²) in [6.45, 7) is 6.08. The number of nitrogens with one attached hydrogen (secondary N) is 1. The first kappa shape index (κ1) is 12.8. The maximum absolute atomic E-state index is 11.0. The first-order chi connectivity index (χ1) is 8.29. The van der Waals surface area contributed by atoms with Crippen molar-refractivity contribution in [3.8, 4) is 0 Å². The van der Waals surface area contributed by atoms with Gasteiger partial charge in [0.1, 0.15) is 0 Å². The van der Waals surface area contributed by atoms with Crippen LogP contribution in [0, 0.1) is 0 Å². The van der Waals surface area contributed by atoms with Crippen molar-refractivity contribution >= 4 is 5.91 Å². The minimum Gasteiger partial charge on any atom is -0.301 e. The Morgan fingerprint density at radius 2 is 2.18 bits per heavy atom. The van der Waals surface area contributed by atoms with E-state index in [2.05, 4.69) is 15.2 Å². The molecule has 98 valence electrons. The molecule has 1 amide bonds. The molecule has 5 nitrogen and oxygen atoms in total. The van der Waals surface area contributed by atoms with Gasteiger partial charge in [-0.15, -0.1) is 0 Å². The lowest BCUT2D eigenvalue weighted by Gasteiger charge is -2.37. The Morgan fingerprint density at radius 1 is 1.29 bits per heavy atom. The fourth-order valence-corrected chi connectivity index (χ4v) is 2.95. The normalized spacial score (nSPS) is 25.8. The zero-order valence-corrected chi connectivity index (χ0v) is 10.5. The van der Waals surface area contributed by atoms with Crippen LogP contribution in [0.3, 0.4) is 0 Å². The maximum atomic E-state index is 11.0. The van der Waals surface area contributed by atoms with Crippen molar-refractivity contribution in [3.63, 3.8) is 0 Å². The molecule has 2 saturated heterocycles. The predicted molar refractivity (Wildman–Crippen MR) is 67.2 cm³/mol. The van der Waals surface area contributed by atoms with Gasteiger partial charge in [-0.1, -0.05) is 0 Å². The van der Waals surface area contributed by atoms with Gasteiger partial charge >= 0.3 is 0 Å². The second kappa shape index (κ2) is 6.33. The van der Waals surface area contributed by atoms with Crippen molar-refractivity contribution in [1.29, 1.82) is 0 Å². The molecule has 1 atom stereocenters. The van der Waals surface area contributed by atoms with Crippen LogP contribution in [0.4, 0.5) is 0 Å². The molecule has 0 aromatic heterocycles. The number of piperazine rings is 1. The van der Waals surface area contributed by atoms with E-state index in [1.807, 2.05) is 0 Å². The quantitative estimate of drug-likeness (QED) is 0.305. The Kier molecular flexibility index (Phi) is 4.76. The molecule has 2 rings (SSSR count). The molecule has 2 fully saturated rings. The number of nitrogens with zero attached hydrogens (tertiary/aromatic N) is 2. The molecule has 0 aliphatic carbocycles. The molecule has 0 bridgehead atoms. The summed E-state index contributed by atoms with van der Waals surface area (Å²) in [4.78, 5) is 16.1. The van der Waals surface area contributed by atoms with E-state index in [0.717, 1.165) is 25.4 Å². The summed E-state index contributed by atoms with van der Waals surface area (Å²) in [5.74, 6) is 4.99. The highest BCUT2D eigenvalue weighted by molar-refractivity contribution is 5.75. The Bertz CT molecular complexity index is 259. The average Bonchev–Trinajstić information content (AvgIpc) is 2.81. The lowest BCUT2D eigenvalue weighted by Crippen LogP contribution is -2.50. The van der Waals surface area contributed by atoms with E-state index in [1.165, 1.54) is 39.0 Å². The van der Waals surface area contributed by atoms with Crippen LogP contribution in [0.5, 0.6) is 0 Å². The summed E-state index contributed by atoms with van der Waals surface area (Å²) in [6, 6.07) is 0.802. The highest BCUT2D eigenvalue weighted by atomic mass is 16.2. The monoisotopic (exact) mass is 240 g/mol. The van der Waals surface area contributed by atoms with Gasteiger partial charge in [0.25, 0.3) is 0 Å². The number of fused-ring (bicyclic) bond motifs is 1. The van der Waals surface area contributed by atoms with Gasteiger partial charge in [-0.3, -0.25) is 15.1 Å². The van der Waals surface area contributed by atoms with Gasteiger partial charge in [-0.25, -0.2) is 5.84 Å². The Morgan fingerprint density at radius 3 is 3.00 bits per heavy atom. The van der Waals surface area contributed by atoms with Crippen molar-refractivity contribution in [3.05, 3.63) is 0 Å². The van der Waals surface area contributed by atoms with Gasteiger partial charge in [-0.2, -0.15) is 0 Å². The van der Waals surface area contributed by atoms with E-state index < -0.39 is 0 Å². The van der Waals surface area contributed by atoms with Crippen LogP contribution >= 0.6 is 0 Å². The molecule has 0 radical (unpaired) electrons. The zero-order valence-electron chi connectivity index (χ0n) is 10.5. The molecule has 0 aromatic carbocycles. The SMILES string of the molecule is NNC(=O)CCCCN1CCN2CCCC2C1. The van der Waals surface area contributed by atoms with Gasteiger partial charge in [-0.05, 0) is 38.8 Å². The number of hydrazine groups is 1. The number of hydrogen-bond acceptors (Lipinski definition) is 4. The first-order valence-electron chi connectivity index (χ1n) is 6.75. The van der Waals surface area contributed by atoms with E-state index in [4.69, 9.17) is 5.84 Å². The fraction of sp³-hybridized carbons (Fsp3) is 0.917. The molecule has 0 saturated carbocycles. The second-order valence-corrected chi connectivity index (χ2v) is 5.16. The van der Waals surface area contributed by atoms with Crippen molar-refractivity contribution < 1.29 is 4.79 Å². The largest absolute Gasteiger partial charge is 0.301 e. The molecule has 2 aliphatic rings. The van der Waals surface area contributed by atoms with Crippen LogP contribution in [-0.2, 0) is 4.79 Å². The van der Waals surface area contributed by atoms with Crippen LogP contribution < -0.4 is 11.3 Å². The maximum Gasteiger partial charge on any atom is 0.233 e. The van der Waals surface area contributed by atoms with Gasteiger partial charge < -0.3 is 4.90 Å². The number of hydrogen-bond donors (Lipinski definition) is 2. The Hall–Kier alpha value is -0.650. The molecule has 2 aliphatic heterocycles. The van der Waals surface area contributed by atoms with Crippen molar-refractivity contribution in [1.82, 2.24) is 15.2 Å².